The molecule has 0 heterocycles. The molecule has 3 aromatic carbocycles. The van der Waals surface area contributed by atoms with Crippen LogP contribution in [0.1, 0.15) is 20.8 Å². The van der Waals surface area contributed by atoms with Gasteiger partial charge in [-0.3, -0.25) is 0 Å². The van der Waals surface area contributed by atoms with Crippen molar-refractivity contribution in [2.24, 2.45) is 0 Å². The van der Waals surface area contributed by atoms with E-state index in [9.17, 15) is 5.11 Å². The monoisotopic (exact) mass is 560 g/mol. The summed E-state index contributed by atoms with van der Waals surface area (Å²) in [6.45, 7) is 5.14. The zero-order chi connectivity index (χ0) is 29.2. The van der Waals surface area contributed by atoms with E-state index in [1.165, 1.54) is 0 Å². The molecule has 0 radical (unpaired) electrons. The summed E-state index contributed by atoms with van der Waals surface area (Å²) in [5, 5.41) is 22.8. The van der Waals surface area contributed by atoms with Gasteiger partial charge in [0, 0.05) is 0 Å². The molecule has 0 aliphatic rings. The van der Waals surface area contributed by atoms with Gasteiger partial charge in [0.15, 0.2) is 50.4 Å². The summed E-state index contributed by atoms with van der Waals surface area (Å²) in [5.41, 5.74) is -1.14. The van der Waals surface area contributed by atoms with Gasteiger partial charge in [0.25, 0.3) is 0 Å². The van der Waals surface area contributed by atoms with Gasteiger partial charge in [-0.05, 0) is 50.2 Å². The average molecular weight is 561 g/mol. The Labute approximate surface area is 232 Å². The topological polar surface area (TPSA) is 98.7 Å². The van der Waals surface area contributed by atoms with Gasteiger partial charge in [-0.25, -0.2) is 0 Å². The zero-order valence-corrected chi connectivity index (χ0v) is 25.3. The Balaban J connectivity index is 0.00000170. The molecule has 0 unspecified atom stereocenters. The Bertz CT molecular complexity index is 1000. The molecule has 0 spiro atoms. The van der Waals surface area contributed by atoms with Crippen molar-refractivity contribution in [3.05, 3.63) is 54.6 Å². The summed E-state index contributed by atoms with van der Waals surface area (Å²) in [7, 11) is 6.73. The fourth-order valence-corrected chi connectivity index (χ4v) is 10.3. The highest BCUT2D eigenvalue weighted by Gasteiger charge is 2.59. The minimum Gasteiger partial charge on any atom is -0.855 e. The molecule has 0 amide bonds. The van der Waals surface area contributed by atoms with Crippen molar-refractivity contribution in [2.45, 2.75) is 26.4 Å². The van der Waals surface area contributed by atoms with E-state index in [-0.39, 0.29) is 12.8 Å². The highest BCUT2D eigenvalue weighted by molar-refractivity contribution is 7.96. The van der Waals surface area contributed by atoms with E-state index in [0.29, 0.717) is 34.5 Å². The minimum atomic E-state index is -3.00. The van der Waals surface area contributed by atoms with E-state index in [4.69, 9.17) is 33.5 Å². The third kappa shape index (κ3) is 6.70. The molecule has 1 N–H and O–H groups in total. The van der Waals surface area contributed by atoms with Crippen LogP contribution in [0.25, 0.3) is 0 Å². The van der Waals surface area contributed by atoms with Gasteiger partial charge in [0.1, 0.15) is 13.4 Å². The van der Waals surface area contributed by atoms with Gasteiger partial charge in [0.05, 0.1) is 48.3 Å². The lowest BCUT2D eigenvalue weighted by molar-refractivity contribution is -0.361. The molecule has 0 bridgehead atoms. The fourth-order valence-electron chi connectivity index (χ4n) is 4.78. The van der Waals surface area contributed by atoms with Crippen molar-refractivity contribution < 1.29 is 38.6 Å². The first kappa shape index (κ1) is 32.0. The molecule has 0 saturated carbocycles. The van der Waals surface area contributed by atoms with Gasteiger partial charge in [0.2, 0.25) is 0 Å². The van der Waals surface area contributed by atoms with E-state index in [1.807, 2.05) is 54.6 Å². The lowest BCUT2D eigenvalue weighted by Gasteiger charge is -2.35. The molecule has 39 heavy (non-hydrogen) atoms. The van der Waals surface area contributed by atoms with Crippen molar-refractivity contribution in [3.8, 4) is 34.5 Å². The quantitative estimate of drug-likeness (QED) is 0.357. The summed E-state index contributed by atoms with van der Waals surface area (Å²) in [6.07, 6.45) is 0.282. The third-order valence-electron chi connectivity index (χ3n) is 5.97. The van der Waals surface area contributed by atoms with E-state index in [1.54, 1.807) is 63.4 Å². The first-order valence-corrected chi connectivity index (χ1v) is 14.4. The SMILES string of the molecule is CC[O-].COc1cccc(OC)c1[P+](CC(C)(C)O)(c1c(OC)cccc1OC)c1c(OC)cccc1OC. The second-order valence-electron chi connectivity index (χ2n) is 9.10. The Kier molecular flexibility index (Phi) is 11.7. The van der Waals surface area contributed by atoms with Gasteiger partial charge in [-0.1, -0.05) is 25.1 Å². The van der Waals surface area contributed by atoms with Crippen molar-refractivity contribution in [3.63, 3.8) is 0 Å². The lowest BCUT2D eigenvalue weighted by Crippen LogP contribution is -2.43. The van der Waals surface area contributed by atoms with E-state index >= 15 is 0 Å². The average Bonchev–Trinajstić information content (AvgIpc) is 2.94. The summed E-state index contributed by atoms with van der Waals surface area (Å²) in [4.78, 5) is 0. The molecular weight excluding hydrogens is 519 g/mol. The summed E-state index contributed by atoms with van der Waals surface area (Å²) < 4.78 is 35.7. The highest BCUT2D eigenvalue weighted by atomic mass is 31.2. The molecule has 3 rings (SSSR count). The minimum absolute atomic E-state index is 0. The number of methoxy groups -OCH3 is 6. The van der Waals surface area contributed by atoms with Crippen molar-refractivity contribution in [1.29, 1.82) is 0 Å². The maximum Gasteiger partial charge on any atom is 0.188 e. The summed E-state index contributed by atoms with van der Waals surface area (Å²) in [5.74, 6) is 3.63. The van der Waals surface area contributed by atoms with Crippen LogP contribution in [0, 0.1) is 0 Å². The number of benzene rings is 3. The Morgan fingerprint density at radius 3 is 0.949 bits per heavy atom. The number of hydrogen-bond acceptors (Lipinski definition) is 8. The molecular formula is C30H41O8P. The van der Waals surface area contributed by atoms with Crippen LogP contribution < -0.4 is 49.4 Å². The number of ether oxygens (including phenoxy) is 6. The summed E-state index contributed by atoms with van der Waals surface area (Å²) in [6, 6.07) is 17.0. The van der Waals surface area contributed by atoms with Gasteiger partial charge < -0.3 is 38.6 Å². The Morgan fingerprint density at radius 2 is 0.795 bits per heavy atom. The molecule has 0 aromatic heterocycles. The van der Waals surface area contributed by atoms with E-state index in [2.05, 4.69) is 0 Å². The second kappa shape index (κ2) is 14.3. The third-order valence-corrected chi connectivity index (χ3v) is 10.8. The molecule has 9 heteroatoms. The fraction of sp³-hybridized carbons (Fsp3) is 0.400. The zero-order valence-electron chi connectivity index (χ0n) is 24.4. The molecule has 0 saturated heterocycles. The first-order chi connectivity index (χ1) is 18.6. The smallest absolute Gasteiger partial charge is 0.188 e. The normalized spacial score (nSPS) is 11.2. The Morgan fingerprint density at radius 1 is 0.590 bits per heavy atom. The van der Waals surface area contributed by atoms with Crippen molar-refractivity contribution in [1.82, 2.24) is 0 Å². The van der Waals surface area contributed by atoms with Crippen LogP contribution >= 0.6 is 7.26 Å². The van der Waals surface area contributed by atoms with Gasteiger partial charge >= 0.3 is 0 Å². The van der Waals surface area contributed by atoms with Gasteiger partial charge in [-0.15, -0.1) is 6.61 Å². The number of hydrogen-bond donors (Lipinski definition) is 1. The maximum atomic E-state index is 11.5. The maximum absolute atomic E-state index is 11.5. The second-order valence-corrected chi connectivity index (χ2v) is 12.4. The van der Waals surface area contributed by atoms with Gasteiger partial charge in [-0.2, -0.15) is 0 Å². The van der Waals surface area contributed by atoms with E-state index < -0.39 is 12.9 Å². The molecule has 0 atom stereocenters. The summed E-state index contributed by atoms with van der Waals surface area (Å²) >= 11 is 0. The van der Waals surface area contributed by atoms with Crippen molar-refractivity contribution >= 4 is 23.2 Å². The molecule has 0 aliphatic heterocycles. The van der Waals surface area contributed by atoms with Crippen LogP contribution in [0.2, 0.25) is 0 Å². The molecule has 3 aromatic rings. The Hall–Kier alpha value is -3.19. The van der Waals surface area contributed by atoms with Crippen LogP contribution in [0.3, 0.4) is 0 Å². The molecule has 8 nitrogen and oxygen atoms in total. The molecule has 214 valence electrons. The van der Waals surface area contributed by atoms with Crippen LogP contribution in [-0.4, -0.2) is 66.1 Å². The molecule has 0 aliphatic carbocycles. The predicted molar refractivity (Wildman–Crippen MR) is 156 cm³/mol. The number of aliphatic hydroxyl groups is 1. The van der Waals surface area contributed by atoms with Crippen LogP contribution in [-0.2, 0) is 0 Å². The lowest BCUT2D eigenvalue weighted by atomic mass is 10.2. The highest BCUT2D eigenvalue weighted by Crippen LogP contribution is 2.66. The van der Waals surface area contributed by atoms with Crippen molar-refractivity contribution in [2.75, 3.05) is 55.4 Å². The van der Waals surface area contributed by atoms with Crippen LogP contribution in [0.15, 0.2) is 54.6 Å². The standard InChI is InChI=1S/C28H36O7P.C2H5O/c1-28(2,29)18-36(25-19(30-3)12-9-13-20(25)31-4,26-21(32-5)14-10-15-22(26)33-6)27-23(34-7)16-11-17-24(27)35-8;1-2-3/h9-17,29H,18H2,1-8H3;2H2,1H3/q+1;-1. The first-order valence-electron chi connectivity index (χ1n) is 12.5. The largest absolute Gasteiger partial charge is 0.855 e. The van der Waals surface area contributed by atoms with Crippen LogP contribution in [0.4, 0.5) is 0 Å². The van der Waals surface area contributed by atoms with Crippen LogP contribution in [0.5, 0.6) is 34.5 Å². The molecule has 0 fully saturated rings. The van der Waals surface area contributed by atoms with E-state index in [0.717, 1.165) is 15.9 Å². The number of rotatable bonds is 11. The predicted octanol–water partition coefficient (Wildman–Crippen LogP) is 3.17.